The van der Waals surface area contributed by atoms with Crippen LogP contribution in [0.2, 0.25) is 0 Å². The van der Waals surface area contributed by atoms with Crippen LogP contribution in [0, 0.1) is 5.92 Å². The van der Waals surface area contributed by atoms with Crippen LogP contribution in [0.4, 0.5) is 5.00 Å². The summed E-state index contributed by atoms with van der Waals surface area (Å²) in [6.45, 7) is 2.20. The molecule has 0 saturated heterocycles. The molecule has 136 valence electrons. The van der Waals surface area contributed by atoms with Crippen molar-refractivity contribution in [1.29, 1.82) is 0 Å². The second kappa shape index (κ2) is 7.74. The molecule has 1 atom stereocenters. The van der Waals surface area contributed by atoms with Gasteiger partial charge in [-0.25, -0.2) is 0 Å². The van der Waals surface area contributed by atoms with Crippen molar-refractivity contribution in [3.05, 3.63) is 51.9 Å². The van der Waals surface area contributed by atoms with Gasteiger partial charge in [0, 0.05) is 16.5 Å². The lowest BCUT2D eigenvalue weighted by Crippen LogP contribution is -2.18. The number of thiophene rings is 1. The van der Waals surface area contributed by atoms with Gasteiger partial charge in [0.2, 0.25) is 5.91 Å². The summed E-state index contributed by atoms with van der Waals surface area (Å²) in [5.41, 5.74) is 7.86. The average molecular weight is 370 g/mol. The highest BCUT2D eigenvalue weighted by atomic mass is 32.1. The van der Waals surface area contributed by atoms with E-state index in [0.29, 0.717) is 22.2 Å². The number of nitrogens with one attached hydrogen (secondary N) is 1. The maximum atomic E-state index is 12.4. The van der Waals surface area contributed by atoms with Crippen molar-refractivity contribution < 1.29 is 14.3 Å². The third-order valence-corrected chi connectivity index (χ3v) is 5.72. The van der Waals surface area contributed by atoms with Crippen LogP contribution >= 0.6 is 11.3 Å². The fourth-order valence-corrected chi connectivity index (χ4v) is 4.64. The lowest BCUT2D eigenvalue weighted by atomic mass is 9.88. The fraction of sp³-hybridized carbons (Fsp3) is 0.300. The molecule has 6 heteroatoms. The molecule has 2 aromatic rings. The summed E-state index contributed by atoms with van der Waals surface area (Å²) in [6.07, 6.45) is 5.91. The van der Waals surface area contributed by atoms with Crippen molar-refractivity contribution in [2.75, 3.05) is 12.4 Å². The number of rotatable bonds is 5. The van der Waals surface area contributed by atoms with E-state index in [1.165, 1.54) is 17.4 Å². The maximum Gasteiger partial charge on any atom is 0.251 e. The fourth-order valence-electron chi connectivity index (χ4n) is 3.22. The smallest absolute Gasteiger partial charge is 0.251 e. The van der Waals surface area contributed by atoms with E-state index in [2.05, 4.69) is 12.2 Å². The van der Waals surface area contributed by atoms with Crippen molar-refractivity contribution >= 4 is 34.2 Å². The number of amides is 2. The molecule has 1 aliphatic rings. The molecule has 0 fully saturated rings. The van der Waals surface area contributed by atoms with Crippen LogP contribution in [-0.2, 0) is 17.6 Å². The predicted molar refractivity (Wildman–Crippen MR) is 105 cm³/mol. The Kier molecular flexibility index (Phi) is 5.42. The van der Waals surface area contributed by atoms with Crippen molar-refractivity contribution in [1.82, 2.24) is 0 Å². The number of fused-ring (bicyclic) bond motifs is 1. The Hall–Kier alpha value is -2.60. The Morgan fingerprint density at radius 1 is 1.35 bits per heavy atom. The zero-order chi connectivity index (χ0) is 18.7. The van der Waals surface area contributed by atoms with E-state index in [-0.39, 0.29) is 5.91 Å². The highest BCUT2D eigenvalue weighted by Gasteiger charge is 2.26. The molecule has 2 amide bonds. The van der Waals surface area contributed by atoms with Crippen LogP contribution < -0.4 is 15.8 Å². The second-order valence-electron chi connectivity index (χ2n) is 6.48. The first-order chi connectivity index (χ1) is 12.5. The lowest BCUT2D eigenvalue weighted by molar-refractivity contribution is -0.111. The molecule has 26 heavy (non-hydrogen) atoms. The van der Waals surface area contributed by atoms with Gasteiger partial charge < -0.3 is 15.8 Å². The Balaban J connectivity index is 1.81. The molecule has 0 radical (unpaired) electrons. The maximum absolute atomic E-state index is 12.4. The minimum absolute atomic E-state index is 0.301. The summed E-state index contributed by atoms with van der Waals surface area (Å²) in [7, 11) is 1.59. The summed E-state index contributed by atoms with van der Waals surface area (Å²) < 4.78 is 5.27. The molecular weight excluding hydrogens is 348 g/mol. The quantitative estimate of drug-likeness (QED) is 0.789. The van der Waals surface area contributed by atoms with E-state index in [1.54, 1.807) is 13.2 Å². The highest BCUT2D eigenvalue weighted by molar-refractivity contribution is 7.17. The van der Waals surface area contributed by atoms with Gasteiger partial charge in [-0.3, -0.25) is 9.59 Å². The van der Waals surface area contributed by atoms with Crippen molar-refractivity contribution in [2.45, 2.75) is 26.2 Å². The molecule has 1 heterocycles. The average Bonchev–Trinajstić information content (AvgIpc) is 2.97. The van der Waals surface area contributed by atoms with Crippen molar-refractivity contribution in [3.63, 3.8) is 0 Å². The first-order valence-corrected chi connectivity index (χ1v) is 9.37. The van der Waals surface area contributed by atoms with Gasteiger partial charge in [0.15, 0.2) is 0 Å². The third kappa shape index (κ3) is 3.80. The van der Waals surface area contributed by atoms with Gasteiger partial charge in [-0.1, -0.05) is 25.1 Å². The third-order valence-electron chi connectivity index (χ3n) is 4.55. The molecule has 0 bridgehead atoms. The van der Waals surface area contributed by atoms with Gasteiger partial charge in [-0.15, -0.1) is 11.3 Å². The number of methoxy groups -OCH3 is 1. The first kappa shape index (κ1) is 18.2. The summed E-state index contributed by atoms with van der Waals surface area (Å²) in [4.78, 5) is 25.4. The molecule has 0 saturated carbocycles. The zero-order valence-corrected chi connectivity index (χ0v) is 15.7. The number of primary amides is 1. The number of hydrogen-bond donors (Lipinski definition) is 2. The van der Waals surface area contributed by atoms with Gasteiger partial charge in [-0.2, -0.15) is 0 Å². The summed E-state index contributed by atoms with van der Waals surface area (Å²) in [6, 6.07) is 7.44. The number of carbonyl (C=O) groups excluding carboxylic acids is 2. The van der Waals surface area contributed by atoms with Crippen LogP contribution in [0.1, 0.15) is 39.7 Å². The predicted octanol–water partition coefficient (Wildman–Crippen LogP) is 3.63. The van der Waals surface area contributed by atoms with E-state index in [4.69, 9.17) is 10.5 Å². The molecule has 3 rings (SSSR count). The number of carbonyl (C=O) groups is 2. The minimum atomic E-state index is -0.485. The van der Waals surface area contributed by atoms with Gasteiger partial charge >= 0.3 is 0 Å². The molecule has 0 aliphatic heterocycles. The molecule has 1 aliphatic carbocycles. The van der Waals surface area contributed by atoms with E-state index >= 15 is 0 Å². The molecule has 1 aromatic carbocycles. The Morgan fingerprint density at radius 3 is 2.85 bits per heavy atom. The Morgan fingerprint density at radius 2 is 2.12 bits per heavy atom. The lowest BCUT2D eigenvalue weighted by Gasteiger charge is -2.18. The standard InChI is InChI=1S/C20H22N2O3S/c1-12-7-9-14-16(11-12)26-20(18(14)19(21)24)22-17(23)10-8-13-5-3-4-6-15(13)25-2/h3-6,8,10,12H,7,9,11H2,1-2H3,(H2,21,24)(H,22,23)/b10-8+/t12-/m0/s1. The van der Waals surface area contributed by atoms with E-state index in [9.17, 15) is 9.59 Å². The monoisotopic (exact) mass is 370 g/mol. The number of para-hydroxylation sites is 1. The zero-order valence-electron chi connectivity index (χ0n) is 14.9. The largest absolute Gasteiger partial charge is 0.496 e. The van der Waals surface area contributed by atoms with Gasteiger partial charge in [-0.05, 0) is 42.9 Å². The number of nitrogens with two attached hydrogens (primary N) is 1. The van der Waals surface area contributed by atoms with Crippen molar-refractivity contribution in [2.24, 2.45) is 11.7 Å². The van der Waals surface area contributed by atoms with Crippen LogP contribution in [0.3, 0.4) is 0 Å². The SMILES string of the molecule is COc1ccccc1/C=C/C(=O)Nc1sc2c(c1C(N)=O)CC[C@H](C)C2. The Labute approximate surface area is 156 Å². The molecule has 3 N–H and O–H groups in total. The summed E-state index contributed by atoms with van der Waals surface area (Å²) in [5.74, 6) is 0.483. The van der Waals surface area contributed by atoms with E-state index in [0.717, 1.165) is 35.3 Å². The summed E-state index contributed by atoms with van der Waals surface area (Å²) in [5, 5.41) is 3.37. The number of anilines is 1. The molecular formula is C20H22N2O3S. The highest BCUT2D eigenvalue weighted by Crippen LogP contribution is 2.39. The first-order valence-electron chi connectivity index (χ1n) is 8.56. The van der Waals surface area contributed by atoms with Crippen molar-refractivity contribution in [3.8, 4) is 5.75 Å². The normalized spacial score (nSPS) is 16.3. The molecule has 5 nitrogen and oxygen atoms in total. The van der Waals surface area contributed by atoms with Crippen LogP contribution in [0.15, 0.2) is 30.3 Å². The van der Waals surface area contributed by atoms with Gasteiger partial charge in [0.05, 0.1) is 12.7 Å². The van der Waals surface area contributed by atoms with E-state index < -0.39 is 5.91 Å². The topological polar surface area (TPSA) is 81.4 Å². The van der Waals surface area contributed by atoms with Gasteiger partial charge in [0.25, 0.3) is 5.91 Å². The minimum Gasteiger partial charge on any atom is -0.496 e. The van der Waals surface area contributed by atoms with Crippen LogP contribution in [-0.4, -0.2) is 18.9 Å². The van der Waals surface area contributed by atoms with Crippen LogP contribution in [0.5, 0.6) is 5.75 Å². The second-order valence-corrected chi connectivity index (χ2v) is 7.59. The number of benzene rings is 1. The van der Waals surface area contributed by atoms with E-state index in [1.807, 2.05) is 24.3 Å². The number of hydrogen-bond acceptors (Lipinski definition) is 4. The molecule has 0 spiro atoms. The Bertz CT molecular complexity index is 870. The summed E-state index contributed by atoms with van der Waals surface area (Å²) >= 11 is 1.46. The number of ether oxygens (including phenoxy) is 1. The molecule has 0 unspecified atom stereocenters. The van der Waals surface area contributed by atoms with Crippen LogP contribution in [0.25, 0.3) is 6.08 Å². The molecule has 1 aromatic heterocycles. The van der Waals surface area contributed by atoms with Gasteiger partial charge in [0.1, 0.15) is 10.8 Å².